The molecule has 3 nitrogen and oxygen atoms in total. The highest BCUT2D eigenvalue weighted by atomic mass is 35.5. The van der Waals surface area contributed by atoms with E-state index in [2.05, 4.69) is 31.7 Å². The molecule has 0 spiro atoms. The van der Waals surface area contributed by atoms with Gasteiger partial charge < -0.3 is 4.74 Å². The molecule has 2 atom stereocenters. The lowest BCUT2D eigenvalue weighted by Gasteiger charge is -2.31. The molecule has 2 rings (SSSR count). The van der Waals surface area contributed by atoms with Crippen LogP contribution >= 0.6 is 11.6 Å². The maximum atomic E-state index is 9.46. The summed E-state index contributed by atoms with van der Waals surface area (Å²) in [6, 6.07) is 8.08. The van der Waals surface area contributed by atoms with Gasteiger partial charge in [-0.15, -0.1) is 0 Å². The molecule has 0 saturated carbocycles. The van der Waals surface area contributed by atoms with Crippen LogP contribution < -0.4 is 4.74 Å². The summed E-state index contributed by atoms with van der Waals surface area (Å²) in [6.45, 7) is 8.19. The Hall–Kier alpha value is -1.24. The Morgan fingerprint density at radius 3 is 2.60 bits per heavy atom. The zero-order valence-electron chi connectivity index (χ0n) is 12.5. The molecule has 1 aromatic rings. The van der Waals surface area contributed by atoms with Crippen molar-refractivity contribution in [3.8, 4) is 11.8 Å². The molecule has 4 heteroatoms. The summed E-state index contributed by atoms with van der Waals surface area (Å²) in [5.41, 5.74) is 1.11. The topological polar surface area (TPSA) is 36.3 Å². The average molecular weight is 293 g/mol. The van der Waals surface area contributed by atoms with Gasteiger partial charge in [0.25, 0.3) is 0 Å². The van der Waals surface area contributed by atoms with E-state index in [1.807, 2.05) is 18.2 Å². The van der Waals surface area contributed by atoms with Gasteiger partial charge in [-0.2, -0.15) is 5.26 Å². The molecule has 0 aromatic heterocycles. The van der Waals surface area contributed by atoms with Crippen molar-refractivity contribution in [3.05, 3.63) is 28.8 Å². The van der Waals surface area contributed by atoms with Crippen molar-refractivity contribution in [2.24, 2.45) is 5.92 Å². The molecule has 0 bridgehead atoms. The van der Waals surface area contributed by atoms with E-state index in [0.29, 0.717) is 5.02 Å². The van der Waals surface area contributed by atoms with E-state index >= 15 is 0 Å². The van der Waals surface area contributed by atoms with Crippen LogP contribution in [-0.2, 0) is 0 Å². The SMILES string of the molecule is COc1ccc(Cl)cc1[C@H]1CN(C(C)(C)C)C[C@@H]1C#N. The first-order valence-electron chi connectivity index (χ1n) is 6.85. The zero-order valence-corrected chi connectivity index (χ0v) is 13.2. The number of benzene rings is 1. The van der Waals surface area contributed by atoms with Gasteiger partial charge in [0.1, 0.15) is 5.75 Å². The highest BCUT2D eigenvalue weighted by Crippen LogP contribution is 2.40. The molecule has 1 aromatic carbocycles. The van der Waals surface area contributed by atoms with Crippen molar-refractivity contribution in [2.75, 3.05) is 20.2 Å². The van der Waals surface area contributed by atoms with Gasteiger partial charge in [0.05, 0.1) is 19.1 Å². The summed E-state index contributed by atoms with van der Waals surface area (Å²) in [5, 5.41) is 10.2. The number of rotatable bonds is 2. The summed E-state index contributed by atoms with van der Waals surface area (Å²) < 4.78 is 5.44. The first-order valence-corrected chi connectivity index (χ1v) is 7.22. The molecule has 108 valence electrons. The summed E-state index contributed by atoms with van der Waals surface area (Å²) in [4.78, 5) is 2.35. The van der Waals surface area contributed by atoms with Crippen LogP contribution in [0, 0.1) is 17.2 Å². The Bertz CT molecular complexity index is 530. The fraction of sp³-hybridized carbons (Fsp3) is 0.562. The van der Waals surface area contributed by atoms with Crippen molar-refractivity contribution < 1.29 is 4.74 Å². The highest BCUT2D eigenvalue weighted by molar-refractivity contribution is 6.30. The first-order chi connectivity index (χ1) is 9.36. The van der Waals surface area contributed by atoms with Crippen molar-refractivity contribution >= 4 is 11.6 Å². The fourth-order valence-corrected chi connectivity index (χ4v) is 2.97. The molecule has 0 aliphatic carbocycles. The van der Waals surface area contributed by atoms with E-state index in [-0.39, 0.29) is 17.4 Å². The Morgan fingerprint density at radius 1 is 1.35 bits per heavy atom. The van der Waals surface area contributed by atoms with Crippen LogP contribution in [0.25, 0.3) is 0 Å². The van der Waals surface area contributed by atoms with Crippen LogP contribution in [0.2, 0.25) is 5.02 Å². The summed E-state index contributed by atoms with van der Waals surface area (Å²) in [7, 11) is 1.66. The van der Waals surface area contributed by atoms with Crippen LogP contribution in [0.15, 0.2) is 18.2 Å². The van der Waals surface area contributed by atoms with E-state index in [9.17, 15) is 5.26 Å². The van der Waals surface area contributed by atoms with Gasteiger partial charge in [-0.05, 0) is 39.0 Å². The molecule has 1 aliphatic rings. The standard InChI is InChI=1S/C16H21ClN2O/c1-16(2,3)19-9-11(8-18)14(10-19)13-7-12(17)5-6-15(13)20-4/h5-7,11,14H,9-10H2,1-4H3/t11-,14-/m0/s1. The van der Waals surface area contributed by atoms with E-state index in [1.54, 1.807) is 7.11 Å². The molecule has 0 amide bonds. The number of hydrogen-bond donors (Lipinski definition) is 0. The summed E-state index contributed by atoms with van der Waals surface area (Å²) >= 11 is 6.12. The Kier molecular flexibility index (Phi) is 4.27. The molecule has 1 saturated heterocycles. The molecule has 20 heavy (non-hydrogen) atoms. The van der Waals surface area contributed by atoms with E-state index < -0.39 is 0 Å². The molecule has 1 aliphatic heterocycles. The maximum absolute atomic E-state index is 9.46. The smallest absolute Gasteiger partial charge is 0.122 e. The van der Waals surface area contributed by atoms with Crippen molar-refractivity contribution in [1.29, 1.82) is 5.26 Å². The predicted molar refractivity (Wildman–Crippen MR) is 81.2 cm³/mol. The molecule has 0 unspecified atom stereocenters. The third kappa shape index (κ3) is 2.92. The summed E-state index contributed by atoms with van der Waals surface area (Å²) in [5.74, 6) is 0.935. The normalized spacial score (nSPS) is 23.6. The largest absolute Gasteiger partial charge is 0.496 e. The molecular formula is C16H21ClN2O. The van der Waals surface area contributed by atoms with Crippen molar-refractivity contribution in [3.63, 3.8) is 0 Å². The number of nitrogens with zero attached hydrogens (tertiary/aromatic N) is 2. The van der Waals surface area contributed by atoms with Crippen LogP contribution in [0.3, 0.4) is 0 Å². The number of nitriles is 1. The average Bonchev–Trinajstić information content (AvgIpc) is 2.82. The van der Waals surface area contributed by atoms with Gasteiger partial charge >= 0.3 is 0 Å². The second kappa shape index (κ2) is 5.63. The Morgan fingerprint density at radius 2 is 2.05 bits per heavy atom. The molecule has 0 N–H and O–H groups in total. The summed E-state index contributed by atoms with van der Waals surface area (Å²) in [6.07, 6.45) is 0. The van der Waals surface area contributed by atoms with E-state index in [4.69, 9.17) is 16.3 Å². The van der Waals surface area contributed by atoms with Crippen LogP contribution in [0.4, 0.5) is 0 Å². The van der Waals surface area contributed by atoms with Crippen LogP contribution in [0.5, 0.6) is 5.75 Å². The number of methoxy groups -OCH3 is 1. The van der Waals surface area contributed by atoms with Crippen LogP contribution in [0.1, 0.15) is 32.3 Å². The number of halogens is 1. The molecular weight excluding hydrogens is 272 g/mol. The second-order valence-corrected chi connectivity index (χ2v) is 6.74. The minimum Gasteiger partial charge on any atom is -0.496 e. The minimum absolute atomic E-state index is 0.0263. The Balaban J connectivity index is 2.37. The van der Waals surface area contributed by atoms with Gasteiger partial charge in [-0.25, -0.2) is 0 Å². The lowest BCUT2D eigenvalue weighted by molar-refractivity contribution is 0.170. The number of hydrogen-bond acceptors (Lipinski definition) is 3. The van der Waals surface area contributed by atoms with E-state index in [0.717, 1.165) is 24.4 Å². The van der Waals surface area contributed by atoms with E-state index in [1.165, 1.54) is 0 Å². The van der Waals surface area contributed by atoms with Gasteiger partial charge in [-0.3, -0.25) is 4.90 Å². The number of ether oxygens (including phenoxy) is 1. The lowest BCUT2D eigenvalue weighted by Crippen LogP contribution is -2.39. The van der Waals surface area contributed by atoms with Crippen LogP contribution in [-0.4, -0.2) is 30.6 Å². The Labute approximate surface area is 126 Å². The number of likely N-dealkylation sites (tertiary alicyclic amines) is 1. The van der Waals surface area contributed by atoms with Gasteiger partial charge in [0.15, 0.2) is 0 Å². The highest BCUT2D eigenvalue weighted by Gasteiger charge is 2.39. The predicted octanol–water partition coefficient (Wildman–Crippen LogP) is 3.69. The minimum atomic E-state index is -0.0263. The van der Waals surface area contributed by atoms with Gasteiger partial charge in [0, 0.05) is 35.1 Å². The second-order valence-electron chi connectivity index (χ2n) is 6.30. The van der Waals surface area contributed by atoms with Gasteiger partial charge in [-0.1, -0.05) is 11.6 Å². The quantitative estimate of drug-likeness (QED) is 0.834. The molecule has 1 heterocycles. The molecule has 0 radical (unpaired) electrons. The third-order valence-electron chi connectivity index (χ3n) is 4.03. The van der Waals surface area contributed by atoms with Gasteiger partial charge in [0.2, 0.25) is 0 Å². The third-order valence-corrected chi connectivity index (χ3v) is 4.26. The lowest BCUT2D eigenvalue weighted by atomic mass is 9.89. The zero-order chi connectivity index (χ0) is 14.9. The maximum Gasteiger partial charge on any atom is 0.122 e. The van der Waals surface area contributed by atoms with Crippen molar-refractivity contribution in [1.82, 2.24) is 4.90 Å². The van der Waals surface area contributed by atoms with Crippen molar-refractivity contribution in [2.45, 2.75) is 32.2 Å². The fourth-order valence-electron chi connectivity index (χ4n) is 2.79. The first kappa shape index (κ1) is 15.2. The monoisotopic (exact) mass is 292 g/mol. The molecule has 1 fully saturated rings.